The van der Waals surface area contributed by atoms with Gasteiger partial charge in [0.25, 0.3) is 0 Å². The highest BCUT2D eigenvalue weighted by Crippen LogP contribution is 2.43. The van der Waals surface area contributed by atoms with E-state index in [0.29, 0.717) is 22.9 Å². The molecule has 0 aliphatic carbocycles. The Morgan fingerprint density at radius 1 is 1.04 bits per heavy atom. The Balaban J connectivity index is 2.12. The fourth-order valence-electron chi connectivity index (χ4n) is 2.61. The van der Waals surface area contributed by atoms with Gasteiger partial charge in [0.05, 0.1) is 16.9 Å². The monoisotopic (exact) mass is 404 g/mol. The van der Waals surface area contributed by atoms with E-state index in [1.807, 2.05) is 0 Å². The number of carboxylic acid groups (broad SMARTS) is 1. The van der Waals surface area contributed by atoms with Crippen LogP contribution in [0.1, 0.15) is 16.4 Å². The van der Waals surface area contributed by atoms with Gasteiger partial charge in [0.1, 0.15) is 10.3 Å². The Labute approximate surface area is 163 Å². The number of anilines is 1. The van der Waals surface area contributed by atoms with Crippen LogP contribution in [-0.2, 0) is 11.0 Å². The number of rotatable bonds is 5. The van der Waals surface area contributed by atoms with E-state index < -0.39 is 28.6 Å². The van der Waals surface area contributed by atoms with Gasteiger partial charge in [0.2, 0.25) is 0 Å². The lowest BCUT2D eigenvalue weighted by atomic mass is 10.1. The van der Waals surface area contributed by atoms with Crippen LogP contribution >= 0.6 is 11.8 Å². The molecule has 0 saturated carbocycles. The Hall–Kier alpha value is -3.00. The maximum absolute atomic E-state index is 13.5. The number of nitrogens with zero attached hydrogens (tertiary/aromatic N) is 1. The first-order chi connectivity index (χ1) is 13.3. The minimum Gasteiger partial charge on any atom is -0.480 e. The molecule has 0 saturated heterocycles. The third-order valence-electron chi connectivity index (χ3n) is 3.95. The van der Waals surface area contributed by atoms with Crippen molar-refractivity contribution in [3.05, 3.63) is 77.9 Å². The predicted octanol–water partition coefficient (Wildman–Crippen LogP) is 5.27. The van der Waals surface area contributed by atoms with Gasteiger partial charge in [-0.25, -0.2) is 4.98 Å². The molecule has 144 valence electrons. The maximum Gasteiger partial charge on any atom is 0.418 e. The summed E-state index contributed by atoms with van der Waals surface area (Å²) in [6.07, 6.45) is -4.70. The number of hydrogen-bond acceptors (Lipinski definition) is 4. The molecule has 0 amide bonds. The Morgan fingerprint density at radius 3 is 2.14 bits per heavy atom. The second-order valence-corrected chi connectivity index (χ2v) is 6.98. The number of carbonyl (C=O) groups is 1. The molecule has 1 aromatic heterocycles. The number of nitrogens with two attached hydrogens (primary N) is 1. The van der Waals surface area contributed by atoms with E-state index >= 15 is 0 Å². The Bertz CT molecular complexity index is 980. The molecule has 3 N–H and O–H groups in total. The molecular formula is C20H15F3N2O2S. The van der Waals surface area contributed by atoms with Crippen LogP contribution in [0.4, 0.5) is 18.9 Å². The number of thioether (sulfide) groups is 1. The molecule has 28 heavy (non-hydrogen) atoms. The lowest BCUT2D eigenvalue weighted by Gasteiger charge is -2.18. The van der Waals surface area contributed by atoms with Crippen LogP contribution in [0.3, 0.4) is 0 Å². The van der Waals surface area contributed by atoms with Crippen LogP contribution in [0.2, 0.25) is 0 Å². The standard InChI is InChI=1S/C20H15F3N2O2S/c21-20(22,23)14-11-15(12-7-3-1-4-8-12)25-18(16(14)24)28-17(19(26)27)13-9-5-2-6-10-13/h1-11,17H,24H2,(H,26,27). The molecule has 0 fully saturated rings. The molecule has 0 bridgehead atoms. The largest absolute Gasteiger partial charge is 0.480 e. The van der Waals surface area contributed by atoms with Gasteiger partial charge >= 0.3 is 12.1 Å². The molecule has 2 aromatic carbocycles. The first-order valence-corrected chi connectivity index (χ1v) is 9.03. The van der Waals surface area contributed by atoms with Crippen molar-refractivity contribution in [2.45, 2.75) is 16.5 Å². The summed E-state index contributed by atoms with van der Waals surface area (Å²) >= 11 is 0.680. The number of alkyl halides is 3. The van der Waals surface area contributed by atoms with Gasteiger partial charge in [0.15, 0.2) is 0 Å². The van der Waals surface area contributed by atoms with Crippen LogP contribution in [0.15, 0.2) is 71.8 Å². The predicted molar refractivity (Wildman–Crippen MR) is 102 cm³/mol. The summed E-state index contributed by atoms with van der Waals surface area (Å²) in [4.78, 5) is 16.0. The highest BCUT2D eigenvalue weighted by atomic mass is 32.2. The summed E-state index contributed by atoms with van der Waals surface area (Å²) in [6, 6.07) is 17.4. The fraction of sp³-hybridized carbons (Fsp3) is 0.100. The highest BCUT2D eigenvalue weighted by Gasteiger charge is 2.36. The summed E-state index contributed by atoms with van der Waals surface area (Å²) in [5.41, 5.74) is 5.10. The van der Waals surface area contributed by atoms with Gasteiger partial charge in [-0.15, -0.1) is 0 Å². The van der Waals surface area contributed by atoms with Crippen LogP contribution in [0.5, 0.6) is 0 Å². The number of aliphatic carboxylic acids is 1. The molecule has 0 aliphatic heterocycles. The van der Waals surface area contributed by atoms with E-state index in [0.717, 1.165) is 6.07 Å². The number of nitrogen functional groups attached to an aromatic ring is 1. The third kappa shape index (κ3) is 4.28. The molecular weight excluding hydrogens is 389 g/mol. The van der Waals surface area contributed by atoms with Gasteiger partial charge in [-0.1, -0.05) is 72.4 Å². The smallest absolute Gasteiger partial charge is 0.418 e. The summed E-state index contributed by atoms with van der Waals surface area (Å²) in [7, 11) is 0. The van der Waals surface area contributed by atoms with Gasteiger partial charge in [-0.3, -0.25) is 4.79 Å². The van der Waals surface area contributed by atoms with Crippen LogP contribution in [0.25, 0.3) is 11.3 Å². The molecule has 0 radical (unpaired) electrons. The van der Waals surface area contributed by atoms with Crippen molar-refractivity contribution < 1.29 is 23.1 Å². The second-order valence-electron chi connectivity index (χ2n) is 5.88. The average Bonchev–Trinajstić information content (AvgIpc) is 2.67. The van der Waals surface area contributed by atoms with E-state index in [1.54, 1.807) is 60.7 Å². The van der Waals surface area contributed by atoms with E-state index in [9.17, 15) is 23.1 Å². The van der Waals surface area contributed by atoms with Crippen molar-refractivity contribution in [1.29, 1.82) is 0 Å². The SMILES string of the molecule is Nc1c(C(F)(F)F)cc(-c2ccccc2)nc1SC(C(=O)O)c1ccccc1. The van der Waals surface area contributed by atoms with Gasteiger partial charge in [-0.2, -0.15) is 13.2 Å². The summed E-state index contributed by atoms with van der Waals surface area (Å²) in [5.74, 6) is -1.20. The topological polar surface area (TPSA) is 76.2 Å². The van der Waals surface area contributed by atoms with Gasteiger partial charge in [0, 0.05) is 5.56 Å². The number of carboxylic acids is 1. The zero-order chi connectivity index (χ0) is 20.3. The minimum atomic E-state index is -4.70. The molecule has 3 rings (SSSR count). The Kier molecular flexibility index (Phi) is 5.60. The first-order valence-electron chi connectivity index (χ1n) is 8.15. The van der Waals surface area contributed by atoms with Crippen molar-refractivity contribution in [3.63, 3.8) is 0 Å². The molecule has 3 aromatic rings. The maximum atomic E-state index is 13.5. The fourth-order valence-corrected chi connectivity index (χ4v) is 3.62. The average molecular weight is 404 g/mol. The Morgan fingerprint density at radius 2 is 1.61 bits per heavy atom. The normalized spacial score (nSPS) is 12.5. The summed E-state index contributed by atoms with van der Waals surface area (Å²) in [6.45, 7) is 0. The van der Waals surface area contributed by atoms with Crippen molar-refractivity contribution in [3.8, 4) is 11.3 Å². The molecule has 1 unspecified atom stereocenters. The van der Waals surface area contributed by atoms with Crippen LogP contribution in [-0.4, -0.2) is 16.1 Å². The number of hydrogen-bond donors (Lipinski definition) is 2. The summed E-state index contributed by atoms with van der Waals surface area (Å²) in [5, 5.41) is 8.26. The van der Waals surface area contributed by atoms with E-state index in [-0.39, 0.29) is 10.7 Å². The second kappa shape index (κ2) is 7.93. The van der Waals surface area contributed by atoms with Gasteiger partial charge in [-0.05, 0) is 11.6 Å². The van der Waals surface area contributed by atoms with E-state index in [2.05, 4.69) is 4.98 Å². The van der Waals surface area contributed by atoms with E-state index in [4.69, 9.17) is 5.73 Å². The minimum absolute atomic E-state index is 0.0711. The third-order valence-corrected chi connectivity index (χ3v) is 5.20. The molecule has 4 nitrogen and oxygen atoms in total. The zero-order valence-corrected chi connectivity index (χ0v) is 15.2. The molecule has 0 aliphatic rings. The lowest BCUT2D eigenvalue weighted by molar-refractivity contribution is -0.137. The van der Waals surface area contributed by atoms with Crippen molar-refractivity contribution in [1.82, 2.24) is 4.98 Å². The molecule has 1 heterocycles. The number of benzene rings is 2. The van der Waals surface area contributed by atoms with Crippen molar-refractivity contribution in [2.24, 2.45) is 0 Å². The summed E-state index contributed by atoms with van der Waals surface area (Å²) < 4.78 is 40.5. The molecule has 1 atom stereocenters. The molecule has 0 spiro atoms. The quantitative estimate of drug-likeness (QED) is 0.567. The van der Waals surface area contributed by atoms with Crippen molar-refractivity contribution >= 4 is 23.4 Å². The van der Waals surface area contributed by atoms with E-state index in [1.165, 1.54) is 0 Å². The lowest BCUT2D eigenvalue weighted by Crippen LogP contribution is -2.13. The first kappa shape index (κ1) is 19.8. The number of aromatic nitrogens is 1. The van der Waals surface area contributed by atoms with Crippen LogP contribution in [0, 0.1) is 0 Å². The van der Waals surface area contributed by atoms with Gasteiger partial charge < -0.3 is 10.8 Å². The zero-order valence-electron chi connectivity index (χ0n) is 14.4. The highest BCUT2D eigenvalue weighted by molar-refractivity contribution is 8.00. The number of pyridine rings is 1. The number of halogens is 3. The molecule has 8 heteroatoms. The van der Waals surface area contributed by atoms with Crippen LogP contribution < -0.4 is 5.73 Å². The van der Waals surface area contributed by atoms with Crippen molar-refractivity contribution in [2.75, 3.05) is 5.73 Å².